The van der Waals surface area contributed by atoms with Gasteiger partial charge in [-0.05, 0) is 71.7 Å². The SMILES string of the molecule is CCN1CCC(C(C)n2c(C)c(C(=O)NCc3c(OC)cc(C)[nH]c3=O)c3ccccc32)CC1C. The predicted octanol–water partition coefficient (Wildman–Crippen LogP) is 4.57. The van der Waals surface area contributed by atoms with Crippen molar-refractivity contribution in [1.82, 2.24) is 19.8 Å². The van der Waals surface area contributed by atoms with Gasteiger partial charge in [0.2, 0.25) is 0 Å². The Hall–Kier alpha value is -3.06. The van der Waals surface area contributed by atoms with Gasteiger partial charge in [-0.15, -0.1) is 0 Å². The van der Waals surface area contributed by atoms with Crippen molar-refractivity contribution in [3.05, 3.63) is 63.2 Å². The standard InChI is InChI=1S/C28H38N4O3/c1-7-31-13-12-21(15-18(31)3)19(4)32-20(5)26(22-10-8-9-11-24(22)32)28(34)29-16-23-25(35-6)14-17(2)30-27(23)33/h8-11,14,18-19,21H,7,12-13,15-16H2,1-6H3,(H,29,34)(H,30,33). The Labute approximate surface area is 207 Å². The molecule has 0 bridgehead atoms. The van der Waals surface area contributed by atoms with Crippen molar-refractivity contribution in [3.8, 4) is 5.75 Å². The number of rotatable bonds is 7. The minimum atomic E-state index is -0.248. The van der Waals surface area contributed by atoms with Crippen LogP contribution in [0.25, 0.3) is 10.9 Å². The van der Waals surface area contributed by atoms with E-state index in [2.05, 4.69) is 46.6 Å². The minimum Gasteiger partial charge on any atom is -0.496 e. The van der Waals surface area contributed by atoms with Crippen LogP contribution >= 0.6 is 0 Å². The molecule has 35 heavy (non-hydrogen) atoms. The Kier molecular flexibility index (Phi) is 7.36. The molecule has 0 aliphatic carbocycles. The van der Waals surface area contributed by atoms with E-state index in [0.717, 1.165) is 42.5 Å². The molecule has 0 saturated carbocycles. The van der Waals surface area contributed by atoms with Crippen molar-refractivity contribution in [2.75, 3.05) is 20.2 Å². The average molecular weight is 479 g/mol. The van der Waals surface area contributed by atoms with Crippen LogP contribution in [0, 0.1) is 19.8 Å². The molecule has 2 aromatic heterocycles. The van der Waals surface area contributed by atoms with E-state index in [1.807, 2.05) is 25.1 Å². The maximum absolute atomic E-state index is 13.5. The fourth-order valence-corrected chi connectivity index (χ4v) is 5.87. The number of likely N-dealkylation sites (tertiary alicyclic amines) is 1. The Balaban J connectivity index is 1.64. The molecule has 7 nitrogen and oxygen atoms in total. The van der Waals surface area contributed by atoms with Gasteiger partial charge in [0.05, 0.1) is 24.8 Å². The molecule has 0 radical (unpaired) electrons. The summed E-state index contributed by atoms with van der Waals surface area (Å²) in [6, 6.07) is 10.7. The summed E-state index contributed by atoms with van der Waals surface area (Å²) in [5.41, 5.74) is 3.61. The number of methoxy groups -OCH3 is 1. The van der Waals surface area contributed by atoms with Gasteiger partial charge in [-0.3, -0.25) is 9.59 Å². The molecule has 1 aliphatic rings. The van der Waals surface area contributed by atoms with E-state index in [4.69, 9.17) is 4.74 Å². The summed E-state index contributed by atoms with van der Waals surface area (Å²) in [6.45, 7) is 13.0. The number of aromatic nitrogens is 2. The lowest BCUT2D eigenvalue weighted by Crippen LogP contribution is -2.42. The second-order valence-corrected chi connectivity index (χ2v) is 9.86. The summed E-state index contributed by atoms with van der Waals surface area (Å²) in [4.78, 5) is 31.3. The van der Waals surface area contributed by atoms with Crippen molar-refractivity contribution < 1.29 is 9.53 Å². The smallest absolute Gasteiger partial charge is 0.256 e. The van der Waals surface area contributed by atoms with Crippen molar-refractivity contribution in [3.63, 3.8) is 0 Å². The highest BCUT2D eigenvalue weighted by Crippen LogP contribution is 2.37. The third kappa shape index (κ3) is 4.74. The number of ether oxygens (including phenoxy) is 1. The summed E-state index contributed by atoms with van der Waals surface area (Å²) in [6.07, 6.45) is 2.31. The molecule has 2 N–H and O–H groups in total. The van der Waals surface area contributed by atoms with Crippen molar-refractivity contribution in [2.45, 2.75) is 66.1 Å². The molecule has 3 aromatic rings. The largest absolute Gasteiger partial charge is 0.496 e. The topological polar surface area (TPSA) is 79.4 Å². The van der Waals surface area contributed by atoms with Crippen LogP contribution in [0.15, 0.2) is 35.1 Å². The first-order valence-electron chi connectivity index (χ1n) is 12.6. The van der Waals surface area contributed by atoms with Gasteiger partial charge in [0.15, 0.2) is 0 Å². The van der Waals surface area contributed by atoms with E-state index in [1.165, 1.54) is 7.11 Å². The van der Waals surface area contributed by atoms with Gasteiger partial charge in [-0.1, -0.05) is 25.1 Å². The lowest BCUT2D eigenvalue weighted by atomic mass is 9.86. The zero-order chi connectivity index (χ0) is 25.3. The van der Waals surface area contributed by atoms with E-state index in [9.17, 15) is 9.59 Å². The highest BCUT2D eigenvalue weighted by molar-refractivity contribution is 6.08. The van der Waals surface area contributed by atoms with Gasteiger partial charge in [0.25, 0.3) is 11.5 Å². The number of nitrogens with one attached hydrogen (secondary N) is 2. The molecular formula is C28H38N4O3. The number of H-pyrrole nitrogens is 1. The average Bonchev–Trinajstić information content (AvgIpc) is 3.13. The van der Waals surface area contributed by atoms with E-state index in [-0.39, 0.29) is 24.1 Å². The zero-order valence-electron chi connectivity index (χ0n) is 21.8. The molecule has 3 heterocycles. The van der Waals surface area contributed by atoms with Crippen molar-refractivity contribution in [2.24, 2.45) is 5.92 Å². The first kappa shape index (κ1) is 25.0. The molecule has 3 unspecified atom stereocenters. The Bertz CT molecular complexity index is 1280. The number of nitrogens with zero attached hydrogens (tertiary/aromatic N) is 2. The van der Waals surface area contributed by atoms with Crippen LogP contribution in [-0.4, -0.2) is 46.6 Å². The predicted molar refractivity (Wildman–Crippen MR) is 140 cm³/mol. The number of fused-ring (bicyclic) bond motifs is 1. The van der Waals surface area contributed by atoms with Gasteiger partial charge < -0.3 is 24.5 Å². The fraction of sp³-hybridized carbons (Fsp3) is 0.500. The van der Waals surface area contributed by atoms with E-state index < -0.39 is 0 Å². The fourth-order valence-electron chi connectivity index (χ4n) is 5.87. The molecule has 1 aromatic carbocycles. The van der Waals surface area contributed by atoms with Crippen LogP contribution in [-0.2, 0) is 6.54 Å². The van der Waals surface area contributed by atoms with Gasteiger partial charge in [-0.2, -0.15) is 0 Å². The maximum atomic E-state index is 13.5. The molecule has 1 fully saturated rings. The molecular weight excluding hydrogens is 440 g/mol. The van der Waals surface area contributed by atoms with Gasteiger partial charge in [0.1, 0.15) is 5.75 Å². The minimum absolute atomic E-state index is 0.0963. The van der Waals surface area contributed by atoms with Crippen LogP contribution < -0.4 is 15.6 Å². The highest BCUT2D eigenvalue weighted by atomic mass is 16.5. The zero-order valence-corrected chi connectivity index (χ0v) is 21.8. The lowest BCUT2D eigenvalue weighted by Gasteiger charge is -2.40. The molecule has 3 atom stereocenters. The van der Waals surface area contributed by atoms with Gasteiger partial charge in [0, 0.05) is 34.4 Å². The summed E-state index contributed by atoms with van der Waals surface area (Å²) >= 11 is 0. The molecule has 4 rings (SSSR count). The van der Waals surface area contributed by atoms with Crippen LogP contribution in [0.1, 0.15) is 67.0 Å². The van der Waals surface area contributed by atoms with E-state index >= 15 is 0 Å². The second kappa shape index (κ2) is 10.3. The summed E-state index contributed by atoms with van der Waals surface area (Å²) in [5, 5.41) is 3.92. The Morgan fingerprint density at radius 3 is 2.71 bits per heavy atom. The van der Waals surface area contributed by atoms with Crippen LogP contribution in [0.3, 0.4) is 0 Å². The normalized spacial score (nSPS) is 19.6. The number of hydrogen-bond acceptors (Lipinski definition) is 4. The third-order valence-electron chi connectivity index (χ3n) is 7.81. The van der Waals surface area contributed by atoms with Crippen LogP contribution in [0.2, 0.25) is 0 Å². The molecule has 1 amide bonds. The van der Waals surface area contributed by atoms with E-state index in [1.54, 1.807) is 13.0 Å². The Morgan fingerprint density at radius 2 is 2.03 bits per heavy atom. The number of aromatic amines is 1. The number of amides is 1. The number of benzene rings is 1. The van der Waals surface area contributed by atoms with Crippen molar-refractivity contribution >= 4 is 16.8 Å². The number of carbonyl (C=O) groups is 1. The summed E-state index contributed by atoms with van der Waals surface area (Å²) in [7, 11) is 1.53. The number of aryl methyl sites for hydroxylation is 1. The number of para-hydroxylation sites is 1. The lowest BCUT2D eigenvalue weighted by molar-refractivity contribution is 0.0949. The highest BCUT2D eigenvalue weighted by Gasteiger charge is 2.31. The van der Waals surface area contributed by atoms with Gasteiger partial charge in [-0.25, -0.2) is 0 Å². The third-order valence-corrected chi connectivity index (χ3v) is 7.81. The van der Waals surface area contributed by atoms with Gasteiger partial charge >= 0.3 is 0 Å². The van der Waals surface area contributed by atoms with E-state index in [0.29, 0.717) is 34.5 Å². The van der Waals surface area contributed by atoms with Crippen molar-refractivity contribution in [1.29, 1.82) is 0 Å². The summed E-state index contributed by atoms with van der Waals surface area (Å²) in [5.74, 6) is 0.848. The monoisotopic (exact) mass is 478 g/mol. The maximum Gasteiger partial charge on any atom is 0.256 e. The second-order valence-electron chi connectivity index (χ2n) is 9.86. The summed E-state index contributed by atoms with van der Waals surface area (Å²) < 4.78 is 7.74. The Morgan fingerprint density at radius 1 is 1.29 bits per heavy atom. The van der Waals surface area contributed by atoms with Crippen LogP contribution in [0.5, 0.6) is 5.75 Å². The molecule has 1 aliphatic heterocycles. The molecule has 188 valence electrons. The quantitative estimate of drug-likeness (QED) is 0.522. The number of hydrogen-bond donors (Lipinski definition) is 2. The molecule has 7 heteroatoms. The first-order chi connectivity index (χ1) is 16.8. The number of carbonyl (C=O) groups excluding carboxylic acids is 1. The molecule has 0 spiro atoms. The number of pyridine rings is 1. The number of piperidine rings is 1. The van der Waals surface area contributed by atoms with Crippen LogP contribution in [0.4, 0.5) is 0 Å². The molecule has 1 saturated heterocycles. The first-order valence-corrected chi connectivity index (χ1v) is 12.6.